The van der Waals surface area contributed by atoms with E-state index in [0.717, 1.165) is 10.7 Å². The summed E-state index contributed by atoms with van der Waals surface area (Å²) in [5.41, 5.74) is -0.264. The van der Waals surface area contributed by atoms with E-state index in [1.165, 1.54) is 12.4 Å². The molecule has 0 bridgehead atoms. The summed E-state index contributed by atoms with van der Waals surface area (Å²) < 4.78 is 0.948. The summed E-state index contributed by atoms with van der Waals surface area (Å²) >= 11 is 0. The molecule has 2 N–H and O–H groups in total. The zero-order valence-electron chi connectivity index (χ0n) is 7.40. The van der Waals surface area contributed by atoms with Crippen LogP contribution < -0.4 is 0 Å². The van der Waals surface area contributed by atoms with Crippen LogP contribution in [0.3, 0.4) is 0 Å². The Morgan fingerprint density at radius 3 is 2.53 bits per heavy atom. The lowest BCUT2D eigenvalue weighted by atomic mass is 10.4. The summed E-state index contributed by atoms with van der Waals surface area (Å²) in [5.74, 6) is -1.43. The van der Waals surface area contributed by atoms with Crippen molar-refractivity contribution in [2.24, 2.45) is 0 Å². The van der Waals surface area contributed by atoms with E-state index >= 15 is 0 Å². The van der Waals surface area contributed by atoms with Gasteiger partial charge < -0.3 is 10.2 Å². The molecule has 0 atom stereocenters. The number of carboxylic acid groups (broad SMARTS) is 1. The third-order valence-electron chi connectivity index (χ3n) is 1.65. The molecule has 0 unspecified atom stereocenters. The maximum Gasteiger partial charge on any atom is 0.356 e. The standard InChI is InChI=1S/C8H6N4O3/c13-6-4-5(7(14)15)11-12(6)8-9-2-1-3-10-8/h1-4,13H,(H,14,15). The van der Waals surface area contributed by atoms with Crippen LogP contribution in [-0.4, -0.2) is 35.9 Å². The molecule has 7 heteroatoms. The van der Waals surface area contributed by atoms with Crippen molar-refractivity contribution in [3.63, 3.8) is 0 Å². The quantitative estimate of drug-likeness (QED) is 0.720. The van der Waals surface area contributed by atoms with Crippen LogP contribution in [0.1, 0.15) is 10.5 Å². The van der Waals surface area contributed by atoms with Crippen LogP contribution in [0, 0.1) is 0 Å². The van der Waals surface area contributed by atoms with Crippen LogP contribution in [0.5, 0.6) is 5.88 Å². The molecule has 2 aromatic rings. The third kappa shape index (κ3) is 1.62. The van der Waals surface area contributed by atoms with Gasteiger partial charge >= 0.3 is 5.97 Å². The number of hydrogen-bond acceptors (Lipinski definition) is 5. The van der Waals surface area contributed by atoms with Gasteiger partial charge in [-0.05, 0) is 6.07 Å². The number of rotatable bonds is 2. The van der Waals surface area contributed by atoms with E-state index in [2.05, 4.69) is 15.1 Å². The summed E-state index contributed by atoms with van der Waals surface area (Å²) in [6, 6.07) is 2.63. The number of aromatic hydroxyl groups is 1. The van der Waals surface area contributed by atoms with E-state index in [0.29, 0.717) is 0 Å². The smallest absolute Gasteiger partial charge is 0.356 e. The van der Waals surface area contributed by atoms with Crippen molar-refractivity contribution in [1.82, 2.24) is 19.7 Å². The van der Waals surface area contributed by atoms with Crippen molar-refractivity contribution in [2.75, 3.05) is 0 Å². The molecule has 7 nitrogen and oxygen atoms in total. The molecule has 0 radical (unpaired) electrons. The summed E-state index contributed by atoms with van der Waals surface area (Å²) in [6.45, 7) is 0. The van der Waals surface area contributed by atoms with Gasteiger partial charge in [0.25, 0.3) is 5.95 Å². The highest BCUT2D eigenvalue weighted by atomic mass is 16.4. The highest BCUT2D eigenvalue weighted by molar-refractivity contribution is 5.85. The molecule has 15 heavy (non-hydrogen) atoms. The minimum absolute atomic E-state index is 0.113. The molecule has 0 spiro atoms. The Kier molecular flexibility index (Phi) is 2.05. The molecular weight excluding hydrogens is 200 g/mol. The molecule has 0 saturated heterocycles. The summed E-state index contributed by atoms with van der Waals surface area (Å²) in [6.07, 6.45) is 2.92. The van der Waals surface area contributed by atoms with E-state index in [1.54, 1.807) is 6.07 Å². The van der Waals surface area contributed by atoms with Crippen molar-refractivity contribution < 1.29 is 15.0 Å². The first-order chi connectivity index (χ1) is 7.18. The van der Waals surface area contributed by atoms with Gasteiger partial charge in [-0.1, -0.05) is 0 Å². The first-order valence-electron chi connectivity index (χ1n) is 3.98. The second-order valence-electron chi connectivity index (χ2n) is 2.65. The summed E-state index contributed by atoms with van der Waals surface area (Å²) in [7, 11) is 0. The minimum Gasteiger partial charge on any atom is -0.493 e. The molecule has 0 aromatic carbocycles. The third-order valence-corrected chi connectivity index (χ3v) is 1.65. The Hall–Kier alpha value is -2.44. The maximum absolute atomic E-state index is 10.6. The van der Waals surface area contributed by atoms with Gasteiger partial charge in [0.1, 0.15) is 0 Å². The van der Waals surface area contributed by atoms with Crippen molar-refractivity contribution >= 4 is 5.97 Å². The van der Waals surface area contributed by atoms with Gasteiger partial charge in [0.05, 0.1) is 0 Å². The van der Waals surface area contributed by atoms with Crippen LogP contribution in [-0.2, 0) is 0 Å². The predicted molar refractivity (Wildman–Crippen MR) is 47.8 cm³/mol. The van der Waals surface area contributed by atoms with Gasteiger partial charge in [-0.15, -0.1) is 0 Å². The van der Waals surface area contributed by atoms with Gasteiger partial charge in [0, 0.05) is 18.5 Å². The molecule has 76 valence electrons. The minimum atomic E-state index is -1.22. The average Bonchev–Trinajstić information content (AvgIpc) is 2.62. The first kappa shape index (κ1) is 9.13. The first-order valence-corrected chi connectivity index (χ1v) is 3.98. The lowest BCUT2D eigenvalue weighted by molar-refractivity contribution is 0.0690. The van der Waals surface area contributed by atoms with Gasteiger partial charge in [-0.2, -0.15) is 9.78 Å². The summed E-state index contributed by atoms with van der Waals surface area (Å²) in [5, 5.41) is 21.7. The van der Waals surface area contributed by atoms with Crippen LogP contribution in [0.4, 0.5) is 0 Å². The molecule has 0 aliphatic rings. The van der Waals surface area contributed by atoms with E-state index in [-0.39, 0.29) is 17.5 Å². The van der Waals surface area contributed by atoms with Gasteiger partial charge in [0.15, 0.2) is 5.69 Å². The number of aromatic nitrogens is 4. The number of nitrogens with zero attached hydrogens (tertiary/aromatic N) is 4. The van der Waals surface area contributed by atoms with Crippen molar-refractivity contribution in [3.8, 4) is 11.8 Å². The number of carbonyl (C=O) groups is 1. The Labute approximate surface area is 83.6 Å². The molecular formula is C8H6N4O3. The normalized spacial score (nSPS) is 10.1. The summed E-state index contributed by atoms with van der Waals surface area (Å²) in [4.78, 5) is 18.2. The van der Waals surface area contributed by atoms with Crippen LogP contribution in [0.15, 0.2) is 24.5 Å². The van der Waals surface area contributed by atoms with E-state index < -0.39 is 5.97 Å². The van der Waals surface area contributed by atoms with Crippen LogP contribution in [0.25, 0.3) is 5.95 Å². The number of carboxylic acids is 1. The molecule has 0 saturated carbocycles. The fraction of sp³-hybridized carbons (Fsp3) is 0. The lowest BCUT2D eigenvalue weighted by Crippen LogP contribution is -2.04. The highest BCUT2D eigenvalue weighted by Gasteiger charge is 2.14. The Morgan fingerprint density at radius 2 is 2.00 bits per heavy atom. The van der Waals surface area contributed by atoms with E-state index in [1.807, 2.05) is 0 Å². The molecule has 0 amide bonds. The van der Waals surface area contributed by atoms with E-state index in [9.17, 15) is 9.90 Å². The zero-order chi connectivity index (χ0) is 10.8. The Morgan fingerprint density at radius 1 is 1.33 bits per heavy atom. The largest absolute Gasteiger partial charge is 0.493 e. The van der Waals surface area contributed by atoms with Gasteiger partial charge in [-0.3, -0.25) is 0 Å². The van der Waals surface area contributed by atoms with Gasteiger partial charge in [-0.25, -0.2) is 14.8 Å². The molecule has 0 aliphatic heterocycles. The Balaban J connectivity index is 2.50. The van der Waals surface area contributed by atoms with Crippen molar-refractivity contribution in [1.29, 1.82) is 0 Å². The van der Waals surface area contributed by atoms with Crippen LogP contribution >= 0.6 is 0 Å². The van der Waals surface area contributed by atoms with Crippen molar-refractivity contribution in [2.45, 2.75) is 0 Å². The second kappa shape index (κ2) is 3.37. The molecule has 2 rings (SSSR count). The topological polar surface area (TPSA) is 101 Å². The monoisotopic (exact) mass is 206 g/mol. The fourth-order valence-corrected chi connectivity index (χ4v) is 1.02. The van der Waals surface area contributed by atoms with Crippen molar-refractivity contribution in [3.05, 3.63) is 30.2 Å². The molecule has 2 heterocycles. The molecule has 0 fully saturated rings. The molecule has 2 aromatic heterocycles. The maximum atomic E-state index is 10.6. The lowest BCUT2D eigenvalue weighted by Gasteiger charge is -1.98. The number of aromatic carboxylic acids is 1. The molecule has 0 aliphatic carbocycles. The Bertz CT molecular complexity index is 494. The SMILES string of the molecule is O=C(O)c1cc(O)n(-c2ncccn2)n1. The predicted octanol–water partition coefficient (Wildman–Crippen LogP) is 0.0661. The zero-order valence-corrected chi connectivity index (χ0v) is 7.40. The number of hydrogen-bond donors (Lipinski definition) is 2. The fourth-order valence-electron chi connectivity index (χ4n) is 1.02. The van der Waals surface area contributed by atoms with Gasteiger partial charge in [0.2, 0.25) is 5.88 Å². The highest BCUT2D eigenvalue weighted by Crippen LogP contribution is 2.14. The average molecular weight is 206 g/mol. The van der Waals surface area contributed by atoms with E-state index in [4.69, 9.17) is 5.11 Å². The second-order valence-corrected chi connectivity index (χ2v) is 2.65. The van der Waals surface area contributed by atoms with Crippen LogP contribution in [0.2, 0.25) is 0 Å².